The molecule has 8 heteroatoms. The Balaban J connectivity index is 1.43. The maximum atomic E-state index is 12.3. The van der Waals surface area contributed by atoms with Crippen molar-refractivity contribution in [1.29, 1.82) is 10.5 Å². The number of rotatable bonds is 11. The minimum absolute atomic E-state index is 0.0905. The van der Waals surface area contributed by atoms with Gasteiger partial charge >= 0.3 is 11.9 Å². The van der Waals surface area contributed by atoms with Crippen LogP contribution in [0.3, 0.4) is 0 Å². The second-order valence-electron chi connectivity index (χ2n) is 9.18. The number of nitriles is 2. The fourth-order valence-electron chi connectivity index (χ4n) is 4.49. The molecule has 44 heavy (non-hydrogen) atoms. The van der Waals surface area contributed by atoms with E-state index in [1.54, 1.807) is 48.5 Å². The lowest BCUT2D eigenvalue weighted by molar-refractivity contribution is -0.136. The first-order valence-electron chi connectivity index (χ1n) is 13.5. The summed E-state index contributed by atoms with van der Waals surface area (Å²) < 4.78 is 21.3. The highest BCUT2D eigenvalue weighted by Gasteiger charge is 2.20. The molecule has 0 radical (unpaired) electrons. The summed E-state index contributed by atoms with van der Waals surface area (Å²) in [5.41, 5.74) is 3.51. The molecule has 0 aliphatic carbocycles. The molecule has 0 fully saturated rings. The van der Waals surface area contributed by atoms with Crippen LogP contribution in [0.4, 0.5) is 0 Å². The molecule has 0 saturated heterocycles. The second kappa shape index (κ2) is 15.2. The molecule has 218 valence electrons. The van der Waals surface area contributed by atoms with Crippen LogP contribution in [0.5, 0.6) is 11.5 Å². The molecule has 0 bridgehead atoms. The fourth-order valence-corrected chi connectivity index (χ4v) is 4.49. The van der Waals surface area contributed by atoms with Crippen LogP contribution in [-0.4, -0.2) is 39.4 Å². The molecule has 0 aromatic heterocycles. The predicted octanol–water partition coefficient (Wildman–Crippen LogP) is 6.14. The van der Waals surface area contributed by atoms with Crippen LogP contribution >= 0.6 is 0 Å². The highest BCUT2D eigenvalue weighted by molar-refractivity contribution is 6.06. The van der Waals surface area contributed by atoms with Crippen LogP contribution in [0, 0.1) is 22.7 Å². The van der Waals surface area contributed by atoms with E-state index < -0.39 is 11.9 Å². The van der Waals surface area contributed by atoms with Gasteiger partial charge in [0.15, 0.2) is 0 Å². The molecule has 0 spiro atoms. The van der Waals surface area contributed by atoms with E-state index >= 15 is 0 Å². The van der Waals surface area contributed by atoms with Gasteiger partial charge in [0.25, 0.3) is 0 Å². The van der Waals surface area contributed by atoms with Gasteiger partial charge in [-0.3, -0.25) is 0 Å². The van der Waals surface area contributed by atoms with Gasteiger partial charge in [0.05, 0.1) is 14.2 Å². The van der Waals surface area contributed by atoms with Crippen LogP contribution < -0.4 is 9.47 Å². The van der Waals surface area contributed by atoms with Crippen LogP contribution in [-0.2, 0) is 19.1 Å². The number of methoxy groups -OCH3 is 2. The highest BCUT2D eigenvalue weighted by Crippen LogP contribution is 2.30. The van der Waals surface area contributed by atoms with Gasteiger partial charge in [0.2, 0.25) is 0 Å². The van der Waals surface area contributed by atoms with E-state index in [0.29, 0.717) is 44.9 Å². The molecule has 4 aromatic carbocycles. The Labute approximate surface area is 255 Å². The summed E-state index contributed by atoms with van der Waals surface area (Å²) in [4.78, 5) is 24.6. The number of carbonyl (C=O) groups is 2. The zero-order chi connectivity index (χ0) is 31.3. The average Bonchev–Trinajstić information content (AvgIpc) is 3.08. The first kappa shape index (κ1) is 30.8. The molecule has 4 aromatic rings. The van der Waals surface area contributed by atoms with E-state index in [2.05, 4.69) is 0 Å². The standard InChI is InChI=1S/C36H28N2O6/c1-41-35(39)31(23-37)33(25-9-5-3-6-10-25)27-13-17-29(18-14-27)43-21-22-44-30-19-15-28(16-20-30)34(26-11-7-4-8-12-26)32(24-38)36(40)42-2/h3-20H,21-22H2,1-2H3. The summed E-state index contributed by atoms with van der Waals surface area (Å²) in [6, 6.07) is 36.4. The smallest absolute Gasteiger partial charge is 0.349 e. The van der Waals surface area contributed by atoms with Gasteiger partial charge in [-0.2, -0.15) is 10.5 Å². The first-order valence-corrected chi connectivity index (χ1v) is 13.5. The second-order valence-corrected chi connectivity index (χ2v) is 9.18. The Kier molecular flexibility index (Phi) is 10.7. The Morgan fingerprint density at radius 3 is 1.14 bits per heavy atom. The van der Waals surface area contributed by atoms with Crippen LogP contribution in [0.1, 0.15) is 22.3 Å². The molecule has 8 nitrogen and oxygen atoms in total. The summed E-state index contributed by atoms with van der Waals surface area (Å²) >= 11 is 0. The van der Waals surface area contributed by atoms with Crippen molar-refractivity contribution >= 4 is 23.1 Å². The van der Waals surface area contributed by atoms with Crippen molar-refractivity contribution in [3.63, 3.8) is 0 Å². The number of hydrogen-bond acceptors (Lipinski definition) is 8. The van der Waals surface area contributed by atoms with E-state index in [4.69, 9.17) is 18.9 Å². The number of carbonyl (C=O) groups excluding carboxylic acids is 2. The van der Waals surface area contributed by atoms with E-state index in [0.717, 1.165) is 0 Å². The van der Waals surface area contributed by atoms with E-state index in [9.17, 15) is 20.1 Å². The normalized spacial score (nSPS) is 11.5. The molecule has 4 rings (SSSR count). The summed E-state index contributed by atoms with van der Waals surface area (Å²) in [6.45, 7) is 0.508. The summed E-state index contributed by atoms with van der Waals surface area (Å²) in [6.07, 6.45) is 0. The lowest BCUT2D eigenvalue weighted by atomic mass is 9.93. The zero-order valence-corrected chi connectivity index (χ0v) is 24.2. The number of esters is 2. The van der Waals surface area contributed by atoms with Crippen molar-refractivity contribution in [2.24, 2.45) is 0 Å². The third-order valence-electron chi connectivity index (χ3n) is 6.53. The molecular formula is C36H28N2O6. The Bertz CT molecular complexity index is 1610. The van der Waals surface area contributed by atoms with Crippen molar-refractivity contribution in [3.05, 3.63) is 143 Å². The number of ether oxygens (including phenoxy) is 4. The molecule has 0 aliphatic rings. The van der Waals surface area contributed by atoms with Crippen molar-refractivity contribution in [1.82, 2.24) is 0 Å². The summed E-state index contributed by atoms with van der Waals surface area (Å²) in [7, 11) is 2.48. The third kappa shape index (κ3) is 7.39. The molecule has 0 N–H and O–H groups in total. The summed E-state index contributed by atoms with van der Waals surface area (Å²) in [5.74, 6) is -0.251. The van der Waals surface area contributed by atoms with Gasteiger partial charge in [-0.05, 0) is 46.5 Å². The minimum Gasteiger partial charge on any atom is -0.490 e. The lowest BCUT2D eigenvalue weighted by Crippen LogP contribution is -2.09. The predicted molar refractivity (Wildman–Crippen MR) is 164 cm³/mol. The van der Waals surface area contributed by atoms with Crippen molar-refractivity contribution in [2.75, 3.05) is 27.4 Å². The number of nitrogens with zero attached hydrogens (tertiary/aromatic N) is 2. The Morgan fingerprint density at radius 2 is 0.841 bits per heavy atom. The van der Waals surface area contributed by atoms with Crippen LogP contribution in [0.2, 0.25) is 0 Å². The highest BCUT2D eigenvalue weighted by atomic mass is 16.5. The van der Waals surface area contributed by atoms with Crippen molar-refractivity contribution in [3.8, 4) is 23.6 Å². The largest absolute Gasteiger partial charge is 0.490 e. The van der Waals surface area contributed by atoms with Gasteiger partial charge in [-0.1, -0.05) is 84.9 Å². The molecule has 0 aliphatic heterocycles. The van der Waals surface area contributed by atoms with Gasteiger partial charge in [0, 0.05) is 11.1 Å². The molecule has 0 heterocycles. The quantitative estimate of drug-likeness (QED) is 0.0893. The number of benzene rings is 4. The minimum atomic E-state index is -0.710. The van der Waals surface area contributed by atoms with Crippen molar-refractivity contribution in [2.45, 2.75) is 0 Å². The van der Waals surface area contributed by atoms with E-state index in [1.165, 1.54) is 14.2 Å². The van der Waals surface area contributed by atoms with Crippen LogP contribution in [0.25, 0.3) is 11.1 Å². The SMILES string of the molecule is COC(=O)C(C#N)=C(c1ccccc1)c1ccc(OCCOc2ccc(C(=C(C#N)C(=O)OC)c3ccccc3)cc2)cc1. The van der Waals surface area contributed by atoms with Crippen LogP contribution in [0.15, 0.2) is 120 Å². The number of hydrogen-bond donors (Lipinski definition) is 0. The summed E-state index contributed by atoms with van der Waals surface area (Å²) in [5, 5.41) is 19.4. The van der Waals surface area contributed by atoms with Gasteiger partial charge < -0.3 is 18.9 Å². The first-order chi connectivity index (χ1) is 21.5. The van der Waals surface area contributed by atoms with Crippen molar-refractivity contribution < 1.29 is 28.5 Å². The zero-order valence-electron chi connectivity index (χ0n) is 24.2. The molecule has 0 atom stereocenters. The molecular weight excluding hydrogens is 556 g/mol. The van der Waals surface area contributed by atoms with E-state index in [1.807, 2.05) is 72.8 Å². The topological polar surface area (TPSA) is 119 Å². The lowest BCUT2D eigenvalue weighted by Gasteiger charge is -2.13. The maximum Gasteiger partial charge on any atom is 0.349 e. The Morgan fingerprint density at radius 1 is 0.523 bits per heavy atom. The Hall–Kier alpha value is -6.12. The fraction of sp³-hybridized carbons (Fsp3) is 0.111. The molecule has 0 saturated carbocycles. The average molecular weight is 585 g/mol. The van der Waals surface area contributed by atoms with Gasteiger partial charge in [-0.25, -0.2) is 9.59 Å². The molecule has 0 unspecified atom stereocenters. The van der Waals surface area contributed by atoms with Gasteiger partial charge in [0.1, 0.15) is 48.0 Å². The third-order valence-corrected chi connectivity index (χ3v) is 6.53. The monoisotopic (exact) mass is 584 g/mol. The molecule has 0 amide bonds. The van der Waals surface area contributed by atoms with Gasteiger partial charge in [-0.15, -0.1) is 0 Å². The van der Waals surface area contributed by atoms with E-state index in [-0.39, 0.29) is 24.4 Å². The maximum absolute atomic E-state index is 12.3.